The van der Waals surface area contributed by atoms with E-state index in [9.17, 15) is 21.6 Å². The van der Waals surface area contributed by atoms with Crippen molar-refractivity contribution in [1.29, 1.82) is 0 Å². The molecule has 2 aromatic rings. The molecule has 0 atom stereocenters. The largest absolute Gasteiger partial charge is 0.416 e. The summed E-state index contributed by atoms with van der Waals surface area (Å²) in [6.07, 6.45) is -3.96. The number of hydrogen-bond acceptors (Lipinski definition) is 2. The summed E-state index contributed by atoms with van der Waals surface area (Å²) in [7, 11) is -3.97. The zero-order valence-electron chi connectivity index (χ0n) is 11.8. The third-order valence-corrected chi connectivity index (χ3v) is 5.02. The molecule has 1 aliphatic rings. The molecule has 0 aromatic heterocycles. The first-order valence-electron chi connectivity index (χ1n) is 6.83. The fourth-order valence-corrected chi connectivity index (χ4v) is 3.82. The molecule has 0 fully saturated rings. The van der Waals surface area contributed by atoms with Crippen molar-refractivity contribution in [2.45, 2.75) is 12.6 Å². The Kier molecular flexibility index (Phi) is 3.71. The minimum absolute atomic E-state index is 0.121. The van der Waals surface area contributed by atoms with Crippen LogP contribution in [0.1, 0.15) is 11.1 Å². The second-order valence-corrected chi connectivity index (χ2v) is 6.73. The Bertz CT molecular complexity index is 835. The lowest BCUT2D eigenvalue weighted by Gasteiger charge is -2.20. The number of rotatable bonds is 3. The van der Waals surface area contributed by atoms with Crippen LogP contribution in [0.4, 0.5) is 24.5 Å². The van der Waals surface area contributed by atoms with Gasteiger partial charge in [0.05, 0.1) is 16.9 Å². The predicted octanol–water partition coefficient (Wildman–Crippen LogP) is 3.42. The maximum absolute atomic E-state index is 12.7. The van der Waals surface area contributed by atoms with Crippen molar-refractivity contribution in [3.8, 4) is 0 Å². The van der Waals surface area contributed by atoms with Gasteiger partial charge in [0.1, 0.15) is 0 Å². The molecule has 0 radical (unpaired) electrons. The highest BCUT2D eigenvalue weighted by Gasteiger charge is 2.32. The Hall–Kier alpha value is -2.22. The average molecular weight is 342 g/mol. The summed E-state index contributed by atoms with van der Waals surface area (Å²) < 4.78 is 66.4. The van der Waals surface area contributed by atoms with Gasteiger partial charge < -0.3 is 0 Å². The van der Waals surface area contributed by atoms with Gasteiger partial charge in [0.25, 0.3) is 0 Å². The van der Waals surface area contributed by atoms with Crippen LogP contribution in [-0.2, 0) is 22.8 Å². The van der Waals surface area contributed by atoms with E-state index >= 15 is 0 Å². The molecule has 0 saturated heterocycles. The standard InChI is InChI=1S/C15H13F3N2O2S/c16-15(17,18)12-5-3-6-13(10-12)19-23(21,22)20-9-8-11-4-1-2-7-14(11)20/h1-7,10,19H,8-9H2. The van der Waals surface area contributed by atoms with Crippen molar-refractivity contribution < 1.29 is 21.6 Å². The van der Waals surface area contributed by atoms with Crippen LogP contribution in [-0.4, -0.2) is 15.0 Å². The Balaban J connectivity index is 1.89. The van der Waals surface area contributed by atoms with E-state index in [1.165, 1.54) is 16.4 Å². The SMILES string of the molecule is O=S(=O)(Nc1cccc(C(F)(F)F)c1)N1CCc2ccccc21. The van der Waals surface area contributed by atoms with Gasteiger partial charge >= 0.3 is 16.4 Å². The molecule has 122 valence electrons. The lowest BCUT2D eigenvalue weighted by Crippen LogP contribution is -2.34. The van der Waals surface area contributed by atoms with Crippen LogP contribution in [0.25, 0.3) is 0 Å². The molecular weight excluding hydrogens is 329 g/mol. The number of hydrogen-bond donors (Lipinski definition) is 1. The molecule has 1 N–H and O–H groups in total. The van der Waals surface area contributed by atoms with Crippen molar-refractivity contribution in [2.75, 3.05) is 15.6 Å². The van der Waals surface area contributed by atoms with E-state index in [-0.39, 0.29) is 12.2 Å². The van der Waals surface area contributed by atoms with E-state index in [0.29, 0.717) is 12.1 Å². The van der Waals surface area contributed by atoms with Crippen LogP contribution in [0.15, 0.2) is 48.5 Å². The molecule has 0 unspecified atom stereocenters. The van der Waals surface area contributed by atoms with Gasteiger partial charge in [-0.25, -0.2) is 0 Å². The van der Waals surface area contributed by atoms with Crippen molar-refractivity contribution >= 4 is 21.6 Å². The lowest BCUT2D eigenvalue weighted by molar-refractivity contribution is -0.137. The minimum atomic E-state index is -4.53. The molecule has 1 heterocycles. The van der Waals surface area contributed by atoms with Gasteiger partial charge in [-0.15, -0.1) is 0 Å². The third-order valence-electron chi connectivity index (χ3n) is 3.57. The van der Waals surface area contributed by atoms with Crippen molar-refractivity contribution in [2.24, 2.45) is 0 Å². The Morgan fingerprint density at radius 1 is 1.04 bits per heavy atom. The molecule has 0 bridgehead atoms. The van der Waals surface area contributed by atoms with Crippen LogP contribution in [0.5, 0.6) is 0 Å². The fraction of sp³-hybridized carbons (Fsp3) is 0.200. The number of halogens is 3. The first-order valence-corrected chi connectivity index (χ1v) is 8.27. The summed E-state index contributed by atoms with van der Waals surface area (Å²) in [5, 5.41) is 0. The van der Waals surface area contributed by atoms with Gasteiger partial charge in [0.2, 0.25) is 0 Å². The summed E-state index contributed by atoms with van der Waals surface area (Å²) in [5.41, 5.74) is 0.414. The molecule has 0 amide bonds. The lowest BCUT2D eigenvalue weighted by atomic mass is 10.2. The third kappa shape index (κ3) is 3.12. The van der Waals surface area contributed by atoms with Gasteiger partial charge in [-0.3, -0.25) is 9.03 Å². The molecule has 23 heavy (non-hydrogen) atoms. The number of nitrogens with zero attached hydrogens (tertiary/aromatic N) is 1. The number of nitrogens with one attached hydrogen (secondary N) is 1. The fourth-order valence-electron chi connectivity index (χ4n) is 2.52. The highest BCUT2D eigenvalue weighted by molar-refractivity contribution is 7.94. The maximum Gasteiger partial charge on any atom is 0.416 e. The number of para-hydroxylation sites is 1. The minimum Gasteiger partial charge on any atom is -0.267 e. The quantitative estimate of drug-likeness (QED) is 0.929. The van der Waals surface area contributed by atoms with Crippen LogP contribution in [0.3, 0.4) is 0 Å². The monoisotopic (exact) mass is 342 g/mol. The molecule has 0 aliphatic carbocycles. The summed E-state index contributed by atoms with van der Waals surface area (Å²) in [6, 6.07) is 11.2. The van der Waals surface area contributed by atoms with Crippen molar-refractivity contribution in [3.63, 3.8) is 0 Å². The van der Waals surface area contributed by atoms with Crippen LogP contribution in [0.2, 0.25) is 0 Å². The predicted molar refractivity (Wildman–Crippen MR) is 81.5 cm³/mol. The number of anilines is 2. The highest BCUT2D eigenvalue weighted by atomic mass is 32.2. The molecule has 8 heteroatoms. The van der Waals surface area contributed by atoms with Gasteiger partial charge in [-0.1, -0.05) is 24.3 Å². The van der Waals surface area contributed by atoms with E-state index < -0.39 is 21.9 Å². The van der Waals surface area contributed by atoms with Crippen LogP contribution < -0.4 is 9.03 Å². The van der Waals surface area contributed by atoms with E-state index in [4.69, 9.17) is 0 Å². The van der Waals surface area contributed by atoms with Crippen molar-refractivity contribution in [3.05, 3.63) is 59.7 Å². The molecule has 2 aromatic carbocycles. The molecular formula is C15H13F3N2O2S. The summed E-state index contributed by atoms with van der Waals surface area (Å²) in [4.78, 5) is 0. The Labute approximate surface area is 131 Å². The molecule has 1 aliphatic heterocycles. The molecule has 4 nitrogen and oxygen atoms in total. The summed E-state index contributed by atoms with van der Waals surface area (Å²) in [6.45, 7) is 0.258. The number of benzene rings is 2. The van der Waals surface area contributed by atoms with E-state index in [1.807, 2.05) is 12.1 Å². The zero-order chi connectivity index (χ0) is 16.7. The van der Waals surface area contributed by atoms with E-state index in [0.717, 1.165) is 17.7 Å². The smallest absolute Gasteiger partial charge is 0.267 e. The molecule has 3 rings (SSSR count). The highest BCUT2D eigenvalue weighted by Crippen LogP contribution is 2.33. The Morgan fingerprint density at radius 2 is 1.78 bits per heavy atom. The normalized spacial score (nSPS) is 14.7. The first-order chi connectivity index (χ1) is 10.8. The number of fused-ring (bicyclic) bond motifs is 1. The van der Waals surface area contributed by atoms with Gasteiger partial charge in [0, 0.05) is 6.54 Å². The van der Waals surface area contributed by atoms with Gasteiger partial charge in [-0.05, 0) is 36.2 Å². The topological polar surface area (TPSA) is 49.4 Å². The van der Waals surface area contributed by atoms with E-state index in [1.54, 1.807) is 12.1 Å². The average Bonchev–Trinajstić information content (AvgIpc) is 2.91. The number of alkyl halides is 3. The summed E-state index contributed by atoms with van der Waals surface area (Å²) in [5.74, 6) is 0. The van der Waals surface area contributed by atoms with Crippen LogP contribution in [0, 0.1) is 0 Å². The van der Waals surface area contributed by atoms with Crippen LogP contribution >= 0.6 is 0 Å². The molecule has 0 spiro atoms. The van der Waals surface area contributed by atoms with Gasteiger partial charge in [-0.2, -0.15) is 21.6 Å². The first kappa shape index (κ1) is 15.7. The molecule has 0 saturated carbocycles. The maximum atomic E-state index is 12.7. The summed E-state index contributed by atoms with van der Waals surface area (Å²) >= 11 is 0. The van der Waals surface area contributed by atoms with E-state index in [2.05, 4.69) is 4.72 Å². The van der Waals surface area contributed by atoms with Crippen molar-refractivity contribution in [1.82, 2.24) is 0 Å². The zero-order valence-corrected chi connectivity index (χ0v) is 12.7. The Morgan fingerprint density at radius 3 is 2.52 bits per heavy atom. The van der Waals surface area contributed by atoms with Gasteiger partial charge in [0.15, 0.2) is 0 Å². The second-order valence-electron chi connectivity index (χ2n) is 5.14. The second kappa shape index (κ2) is 5.45.